The second-order valence-electron chi connectivity index (χ2n) is 23.0. The van der Waals surface area contributed by atoms with Crippen molar-refractivity contribution in [2.75, 3.05) is 4.90 Å². The van der Waals surface area contributed by atoms with Crippen LogP contribution in [0.25, 0.3) is 99.2 Å². The molecule has 80 heavy (non-hydrogen) atoms. The number of hydrogen-bond donors (Lipinski definition) is 0. The molecule has 5 nitrogen and oxygen atoms in total. The van der Waals surface area contributed by atoms with Crippen LogP contribution in [0.2, 0.25) is 0 Å². The van der Waals surface area contributed by atoms with Crippen LogP contribution in [0.15, 0.2) is 235 Å². The number of para-hydroxylation sites is 3. The number of benzene rings is 11. The van der Waals surface area contributed by atoms with Gasteiger partial charge < -0.3 is 23.2 Å². The molecule has 2 aliphatic heterocycles. The molecule has 0 saturated heterocycles. The van der Waals surface area contributed by atoms with E-state index in [2.05, 4.69) is 272 Å². The van der Waals surface area contributed by atoms with Gasteiger partial charge in [0.25, 0.3) is 6.71 Å². The van der Waals surface area contributed by atoms with Crippen molar-refractivity contribution >= 4 is 106 Å². The molecule has 0 N–H and O–H groups in total. The second kappa shape index (κ2) is 17.8. The third-order valence-electron chi connectivity index (χ3n) is 17.3. The van der Waals surface area contributed by atoms with Gasteiger partial charge in [0.1, 0.15) is 22.7 Å². The predicted octanol–water partition coefficient (Wildman–Crippen LogP) is 18.2. The molecular weight excluding hydrogens is 974 g/mol. The van der Waals surface area contributed by atoms with Crippen LogP contribution in [0, 0.1) is 0 Å². The Morgan fingerprint density at radius 1 is 0.425 bits per heavy atom. The maximum atomic E-state index is 7.46. The molecule has 0 unspecified atom stereocenters. The number of rotatable bonds is 8. The summed E-state index contributed by atoms with van der Waals surface area (Å²) in [5.74, 6) is 1.77. The highest BCUT2D eigenvalue weighted by Crippen LogP contribution is 2.48. The van der Waals surface area contributed by atoms with E-state index >= 15 is 0 Å². The number of fused-ring (bicyclic) bond motifs is 13. The molecule has 0 radical (unpaired) electrons. The fraction of sp³-hybridized carbons (Fsp3) is 0.108. The van der Waals surface area contributed by atoms with E-state index in [-0.39, 0.29) is 12.1 Å². The molecule has 0 saturated carbocycles. The molecule has 5 heterocycles. The summed E-state index contributed by atoms with van der Waals surface area (Å²) in [6.45, 7) is 9.11. The molecule has 0 fully saturated rings. The highest BCUT2D eigenvalue weighted by Gasteiger charge is 2.44. The number of hydrogen-bond acceptors (Lipinski definition) is 3. The SMILES string of the molecule is CCCCc1c(N2c3cc(-n4c5ccccc5c5cc(-c6ccccc6)ccc54)ccc3B3c4ccc(-n5c6ccccc6c6cc(-c7ccccc7)ccc65)cc4Oc4cc(C(C)(C)C)cc2c43)ccc2c1oc1ccccc12. The highest BCUT2D eigenvalue weighted by atomic mass is 16.5. The number of ether oxygens (including phenoxy) is 1. The first-order valence-corrected chi connectivity index (χ1v) is 28.3. The average molecular weight is 1030 g/mol. The quantitative estimate of drug-likeness (QED) is 0.142. The highest BCUT2D eigenvalue weighted by molar-refractivity contribution is 6.99. The van der Waals surface area contributed by atoms with Gasteiger partial charge in [-0.25, -0.2) is 0 Å². The van der Waals surface area contributed by atoms with Gasteiger partial charge in [-0.15, -0.1) is 0 Å². The van der Waals surface area contributed by atoms with Crippen molar-refractivity contribution in [1.29, 1.82) is 0 Å². The van der Waals surface area contributed by atoms with Gasteiger partial charge in [-0.2, -0.15) is 0 Å². The van der Waals surface area contributed by atoms with Crippen LogP contribution in [0.4, 0.5) is 17.1 Å². The normalized spacial score (nSPS) is 12.9. The zero-order chi connectivity index (χ0) is 53.4. The fourth-order valence-electron chi connectivity index (χ4n) is 13.5. The topological polar surface area (TPSA) is 35.5 Å². The predicted molar refractivity (Wildman–Crippen MR) is 336 cm³/mol. The van der Waals surface area contributed by atoms with Crippen molar-refractivity contribution in [2.24, 2.45) is 0 Å². The zero-order valence-electron chi connectivity index (χ0n) is 45.3. The molecule has 0 atom stereocenters. The molecule has 0 aliphatic carbocycles. The van der Waals surface area contributed by atoms with Crippen LogP contribution in [-0.4, -0.2) is 15.8 Å². The molecule has 0 spiro atoms. The van der Waals surface area contributed by atoms with E-state index in [0.717, 1.165) is 97.6 Å². The van der Waals surface area contributed by atoms with Gasteiger partial charge in [0.05, 0.1) is 27.8 Å². The monoisotopic (exact) mass is 1030 g/mol. The van der Waals surface area contributed by atoms with Crippen molar-refractivity contribution < 1.29 is 9.15 Å². The Labute approximate surface area is 465 Å². The summed E-state index contributed by atoms with van der Waals surface area (Å²) in [6.07, 6.45) is 2.95. The summed E-state index contributed by atoms with van der Waals surface area (Å²) in [5.41, 5.74) is 22.7. The van der Waals surface area contributed by atoms with Gasteiger partial charge >= 0.3 is 0 Å². The fourth-order valence-corrected chi connectivity index (χ4v) is 13.5. The Balaban J connectivity index is 0.948. The number of unbranched alkanes of at least 4 members (excludes halogenated alkanes) is 1. The van der Waals surface area contributed by atoms with E-state index in [1.807, 2.05) is 0 Å². The van der Waals surface area contributed by atoms with E-state index in [0.29, 0.717) is 0 Å². The van der Waals surface area contributed by atoms with Gasteiger partial charge in [0.2, 0.25) is 0 Å². The number of aromatic nitrogens is 2. The first-order valence-electron chi connectivity index (χ1n) is 28.3. The van der Waals surface area contributed by atoms with Crippen molar-refractivity contribution in [2.45, 2.75) is 52.4 Å². The number of anilines is 3. The summed E-state index contributed by atoms with van der Waals surface area (Å²) < 4.78 is 19.3. The molecule has 6 heteroatoms. The maximum Gasteiger partial charge on any atom is 0.256 e. The summed E-state index contributed by atoms with van der Waals surface area (Å²) >= 11 is 0. The molecule has 16 rings (SSSR count). The Morgan fingerprint density at radius 2 is 1.00 bits per heavy atom. The summed E-state index contributed by atoms with van der Waals surface area (Å²) in [4.78, 5) is 2.58. The lowest BCUT2D eigenvalue weighted by Crippen LogP contribution is -2.59. The van der Waals surface area contributed by atoms with Crippen LogP contribution in [-0.2, 0) is 11.8 Å². The largest absolute Gasteiger partial charge is 0.458 e. The average Bonchev–Trinajstić information content (AvgIpc) is 4.02. The van der Waals surface area contributed by atoms with Crippen molar-refractivity contribution in [3.05, 3.63) is 242 Å². The van der Waals surface area contributed by atoms with Crippen molar-refractivity contribution in [3.8, 4) is 45.1 Å². The van der Waals surface area contributed by atoms with Crippen molar-refractivity contribution in [1.82, 2.24) is 9.13 Å². The number of furan rings is 1. The van der Waals surface area contributed by atoms with Gasteiger partial charge in [0, 0.05) is 66.7 Å². The lowest BCUT2D eigenvalue weighted by Gasteiger charge is -2.42. The van der Waals surface area contributed by atoms with Gasteiger partial charge in [-0.05, 0) is 147 Å². The van der Waals surface area contributed by atoms with Gasteiger partial charge in [-0.3, -0.25) is 0 Å². The lowest BCUT2D eigenvalue weighted by atomic mass is 9.34. The smallest absolute Gasteiger partial charge is 0.256 e. The first kappa shape index (κ1) is 46.6. The number of aryl methyl sites for hydroxylation is 1. The summed E-state index contributed by atoms with van der Waals surface area (Å²) in [5, 5.41) is 7.20. The van der Waals surface area contributed by atoms with Crippen LogP contribution in [0.1, 0.15) is 51.7 Å². The Morgan fingerprint density at radius 3 is 1.64 bits per heavy atom. The van der Waals surface area contributed by atoms with Crippen LogP contribution < -0.4 is 26.0 Å². The van der Waals surface area contributed by atoms with Gasteiger partial charge in [-0.1, -0.05) is 174 Å². The summed E-state index contributed by atoms with van der Waals surface area (Å²) in [6, 6.07) is 85.1. The third kappa shape index (κ3) is 7.04. The van der Waals surface area contributed by atoms with E-state index in [4.69, 9.17) is 9.15 Å². The van der Waals surface area contributed by atoms with E-state index in [1.54, 1.807) is 0 Å². The zero-order valence-corrected chi connectivity index (χ0v) is 45.3. The molecule has 0 bridgehead atoms. The summed E-state index contributed by atoms with van der Waals surface area (Å²) in [7, 11) is 0. The molecule has 382 valence electrons. The minimum atomic E-state index is -0.197. The van der Waals surface area contributed by atoms with Crippen LogP contribution >= 0.6 is 0 Å². The molecule has 2 aliphatic rings. The minimum absolute atomic E-state index is 0.126. The Bertz CT molecular complexity index is 4850. The molecule has 11 aromatic carbocycles. The standard InChI is InChI=1S/C74H56BN3O2/c1-5-6-23-57-64(39-34-56-55-26-15-18-29-69(55)80-73(56)57)78-67-44-51(76-62-27-16-13-24-53(62)58-40-48(30-37-65(58)76)46-19-9-7-10-20-46)32-35-60(67)75-61-36-33-52(45-70(61)79-71-43-50(74(2,3)4)42-68(78)72(71)75)77-63-28-17-14-25-54(63)59-41-49(31-38-66(59)77)47-21-11-8-12-22-47/h7-22,24-45H,5-6,23H2,1-4H3. The molecule has 14 aromatic rings. The molecular formula is C74H56BN3O2. The van der Waals surface area contributed by atoms with E-state index in [9.17, 15) is 0 Å². The van der Waals surface area contributed by atoms with Crippen LogP contribution in [0.5, 0.6) is 11.5 Å². The number of nitrogens with zero attached hydrogens (tertiary/aromatic N) is 3. The first-order chi connectivity index (χ1) is 39.3. The minimum Gasteiger partial charge on any atom is -0.458 e. The van der Waals surface area contributed by atoms with Crippen LogP contribution in [0.3, 0.4) is 0 Å². The lowest BCUT2D eigenvalue weighted by molar-refractivity contribution is 0.483. The Hall–Kier alpha value is -9.52. The van der Waals surface area contributed by atoms with E-state index < -0.39 is 0 Å². The second-order valence-corrected chi connectivity index (χ2v) is 23.0. The third-order valence-corrected chi connectivity index (χ3v) is 17.3. The Kier molecular flexibility index (Phi) is 10.3. The molecule has 0 amide bonds. The van der Waals surface area contributed by atoms with Crippen molar-refractivity contribution in [3.63, 3.8) is 0 Å². The van der Waals surface area contributed by atoms with E-state index in [1.165, 1.54) is 76.9 Å². The maximum absolute atomic E-state index is 7.46. The molecule has 3 aromatic heterocycles. The van der Waals surface area contributed by atoms with Gasteiger partial charge in [0.15, 0.2) is 0 Å².